The van der Waals surface area contributed by atoms with E-state index < -0.39 is 12.0 Å². The number of esters is 1. The van der Waals surface area contributed by atoms with Crippen molar-refractivity contribution >= 4 is 23.4 Å². The molecule has 1 aliphatic rings. The summed E-state index contributed by atoms with van der Waals surface area (Å²) in [7, 11) is 2.92. The van der Waals surface area contributed by atoms with Gasteiger partial charge in [0.15, 0.2) is 16.3 Å². The summed E-state index contributed by atoms with van der Waals surface area (Å²) in [5.74, 6) is 0.682. The number of thiazole rings is 1. The molecule has 1 unspecified atom stereocenters. The third-order valence-electron chi connectivity index (χ3n) is 6.80. The van der Waals surface area contributed by atoms with Crippen LogP contribution < -0.4 is 24.4 Å². The van der Waals surface area contributed by atoms with Crippen LogP contribution in [0.1, 0.15) is 35.2 Å². The second kappa shape index (κ2) is 12.2. The second-order valence-electron chi connectivity index (χ2n) is 9.46. The Morgan fingerprint density at radius 1 is 1.07 bits per heavy atom. The third kappa shape index (κ3) is 5.64. The van der Waals surface area contributed by atoms with E-state index in [1.807, 2.05) is 78.9 Å². The van der Waals surface area contributed by atoms with Crippen molar-refractivity contribution in [3.8, 4) is 11.5 Å². The summed E-state index contributed by atoms with van der Waals surface area (Å²) in [6, 6.07) is 22.5. The fourth-order valence-corrected chi connectivity index (χ4v) is 5.96. The summed E-state index contributed by atoms with van der Waals surface area (Å²) in [5, 5.41) is 0. The highest BCUT2D eigenvalue weighted by Crippen LogP contribution is 2.35. The Morgan fingerprint density at radius 2 is 1.78 bits per heavy atom. The van der Waals surface area contributed by atoms with E-state index in [2.05, 4.69) is 11.6 Å². The van der Waals surface area contributed by atoms with Crippen LogP contribution in [0.15, 0.2) is 107 Å². The first kappa shape index (κ1) is 27.9. The Kier molecular flexibility index (Phi) is 8.31. The Hall–Kier alpha value is -4.69. The molecule has 3 aromatic carbocycles. The van der Waals surface area contributed by atoms with Crippen molar-refractivity contribution in [2.24, 2.45) is 4.99 Å². The second-order valence-corrected chi connectivity index (χ2v) is 10.5. The van der Waals surface area contributed by atoms with Crippen molar-refractivity contribution in [1.82, 2.24) is 4.57 Å². The quantitative estimate of drug-likeness (QED) is 0.216. The van der Waals surface area contributed by atoms with Gasteiger partial charge in [0.05, 0.1) is 36.1 Å². The molecule has 208 valence electrons. The van der Waals surface area contributed by atoms with Crippen molar-refractivity contribution in [3.05, 3.63) is 139 Å². The number of rotatable bonds is 9. The standard InChI is InChI=1S/C33H30N2O5S/c1-5-12-25-17-23(18-26(38-3)30(25)40-20-22-13-8-6-9-14-22)19-27-31(36)35-29(24-15-10-7-11-16-24)28(32(37)39-4)21(2)34-33(35)41-27/h5-11,13-19,29H,1,12,20H2,2-4H3. The van der Waals surface area contributed by atoms with Gasteiger partial charge in [-0.15, -0.1) is 6.58 Å². The molecule has 4 aromatic rings. The number of fused-ring (bicyclic) bond motifs is 1. The zero-order valence-corrected chi connectivity index (χ0v) is 23.9. The topological polar surface area (TPSA) is 79.1 Å². The SMILES string of the molecule is C=CCc1cc(C=c2sc3n(c2=O)C(c2ccccc2)C(C(=O)OC)=C(C)N=3)cc(OC)c1OCc1ccccc1. The van der Waals surface area contributed by atoms with E-state index in [4.69, 9.17) is 14.2 Å². The molecule has 0 aliphatic carbocycles. The molecular formula is C33H30N2O5S. The third-order valence-corrected chi connectivity index (χ3v) is 7.79. The molecule has 5 rings (SSSR count). The van der Waals surface area contributed by atoms with Gasteiger partial charge in [0.1, 0.15) is 6.61 Å². The first-order valence-electron chi connectivity index (χ1n) is 13.1. The monoisotopic (exact) mass is 566 g/mol. The van der Waals surface area contributed by atoms with Crippen LogP contribution in [0.2, 0.25) is 0 Å². The van der Waals surface area contributed by atoms with Crippen molar-refractivity contribution < 1.29 is 19.0 Å². The van der Waals surface area contributed by atoms with Crippen LogP contribution in [0.3, 0.4) is 0 Å². The highest BCUT2D eigenvalue weighted by molar-refractivity contribution is 7.07. The van der Waals surface area contributed by atoms with Crippen molar-refractivity contribution in [1.29, 1.82) is 0 Å². The fraction of sp³-hybridized carbons (Fsp3) is 0.182. The van der Waals surface area contributed by atoms with Crippen LogP contribution in [0, 0.1) is 0 Å². The van der Waals surface area contributed by atoms with E-state index in [0.717, 1.165) is 22.3 Å². The molecule has 0 amide bonds. The maximum absolute atomic E-state index is 13.9. The summed E-state index contributed by atoms with van der Waals surface area (Å²) < 4.78 is 19.0. The number of ether oxygens (including phenoxy) is 3. The molecule has 7 nitrogen and oxygen atoms in total. The first-order valence-corrected chi connectivity index (χ1v) is 13.9. The van der Waals surface area contributed by atoms with Gasteiger partial charge in [-0.2, -0.15) is 0 Å². The Labute approximate surface area is 242 Å². The van der Waals surface area contributed by atoms with Gasteiger partial charge in [0.25, 0.3) is 5.56 Å². The average Bonchev–Trinajstić information content (AvgIpc) is 3.30. The number of allylic oxidation sites excluding steroid dienone is 2. The van der Waals surface area contributed by atoms with E-state index in [-0.39, 0.29) is 5.56 Å². The largest absolute Gasteiger partial charge is 0.493 e. The molecule has 0 saturated heterocycles. The maximum atomic E-state index is 13.9. The minimum atomic E-state index is -0.651. The Bertz CT molecular complexity index is 1800. The van der Waals surface area contributed by atoms with Gasteiger partial charge >= 0.3 is 5.97 Å². The molecule has 0 saturated carbocycles. The fourth-order valence-electron chi connectivity index (χ4n) is 4.91. The molecule has 41 heavy (non-hydrogen) atoms. The predicted molar refractivity (Wildman–Crippen MR) is 160 cm³/mol. The highest BCUT2D eigenvalue weighted by atomic mass is 32.1. The lowest BCUT2D eigenvalue weighted by Crippen LogP contribution is -2.39. The smallest absolute Gasteiger partial charge is 0.338 e. The summed E-state index contributed by atoms with van der Waals surface area (Å²) in [6.45, 7) is 6.06. The van der Waals surface area contributed by atoms with Crippen molar-refractivity contribution in [2.75, 3.05) is 14.2 Å². The van der Waals surface area contributed by atoms with Gasteiger partial charge in [-0.3, -0.25) is 9.36 Å². The molecule has 1 atom stereocenters. The van der Waals surface area contributed by atoms with Gasteiger partial charge < -0.3 is 14.2 Å². The first-order chi connectivity index (χ1) is 19.9. The molecular weight excluding hydrogens is 536 g/mol. The van der Waals surface area contributed by atoms with Crippen LogP contribution in [0.4, 0.5) is 0 Å². The lowest BCUT2D eigenvalue weighted by atomic mass is 9.96. The van der Waals surface area contributed by atoms with E-state index in [0.29, 0.717) is 45.1 Å². The van der Waals surface area contributed by atoms with Crippen molar-refractivity contribution in [3.63, 3.8) is 0 Å². The number of hydrogen-bond acceptors (Lipinski definition) is 7. The van der Waals surface area contributed by atoms with Gasteiger partial charge in [-0.1, -0.05) is 78.1 Å². The van der Waals surface area contributed by atoms with Crippen LogP contribution in [-0.4, -0.2) is 24.8 Å². The predicted octanol–water partition coefficient (Wildman–Crippen LogP) is 4.72. The average molecular weight is 567 g/mol. The molecule has 1 aliphatic heterocycles. The molecule has 0 bridgehead atoms. The number of aromatic nitrogens is 1. The number of hydrogen-bond donors (Lipinski definition) is 0. The molecule has 0 fully saturated rings. The summed E-state index contributed by atoms with van der Waals surface area (Å²) >= 11 is 1.27. The lowest BCUT2D eigenvalue weighted by molar-refractivity contribution is -0.136. The minimum absolute atomic E-state index is 0.245. The number of methoxy groups -OCH3 is 2. The molecule has 8 heteroatoms. The normalized spacial score (nSPS) is 14.7. The highest BCUT2D eigenvalue weighted by Gasteiger charge is 2.32. The summed E-state index contributed by atoms with van der Waals surface area (Å²) in [5.41, 5.74) is 4.12. The zero-order chi connectivity index (χ0) is 28.9. The summed E-state index contributed by atoms with van der Waals surface area (Å²) in [6.07, 6.45) is 4.18. The molecule has 0 N–H and O–H groups in total. The maximum Gasteiger partial charge on any atom is 0.338 e. The molecule has 1 aromatic heterocycles. The zero-order valence-electron chi connectivity index (χ0n) is 23.1. The number of carbonyl (C=O) groups is 1. The Morgan fingerprint density at radius 3 is 2.44 bits per heavy atom. The van der Waals surface area contributed by atoms with E-state index in [1.165, 1.54) is 18.4 Å². The van der Waals surface area contributed by atoms with Gasteiger partial charge in [0.2, 0.25) is 0 Å². The number of nitrogens with zero attached hydrogens (tertiary/aromatic N) is 2. The molecule has 2 heterocycles. The van der Waals surface area contributed by atoms with Gasteiger partial charge in [-0.25, -0.2) is 9.79 Å². The van der Waals surface area contributed by atoms with Crippen LogP contribution in [-0.2, 0) is 22.6 Å². The molecule has 0 spiro atoms. The van der Waals surface area contributed by atoms with Crippen LogP contribution >= 0.6 is 11.3 Å². The van der Waals surface area contributed by atoms with Gasteiger partial charge in [0, 0.05) is 5.56 Å². The number of benzene rings is 3. The minimum Gasteiger partial charge on any atom is -0.493 e. The molecule has 0 radical (unpaired) electrons. The van der Waals surface area contributed by atoms with Crippen LogP contribution in [0.25, 0.3) is 6.08 Å². The van der Waals surface area contributed by atoms with Crippen LogP contribution in [0.5, 0.6) is 11.5 Å². The van der Waals surface area contributed by atoms with E-state index >= 15 is 0 Å². The van der Waals surface area contributed by atoms with Gasteiger partial charge in [-0.05, 0) is 48.2 Å². The van der Waals surface area contributed by atoms with E-state index in [1.54, 1.807) is 24.7 Å². The lowest BCUT2D eigenvalue weighted by Gasteiger charge is -2.24. The summed E-state index contributed by atoms with van der Waals surface area (Å²) in [4.78, 5) is 31.9. The van der Waals surface area contributed by atoms with E-state index in [9.17, 15) is 9.59 Å². The van der Waals surface area contributed by atoms with Crippen molar-refractivity contribution in [2.45, 2.75) is 26.0 Å². The number of carbonyl (C=O) groups excluding carboxylic acids is 1. The Balaban J connectivity index is 1.62.